The summed E-state index contributed by atoms with van der Waals surface area (Å²) in [6, 6.07) is 0. The molecule has 0 radical (unpaired) electrons. The molecule has 0 saturated heterocycles. The molecule has 1 rings (SSSR count). The van der Waals surface area contributed by atoms with Crippen LogP contribution in [0.1, 0.15) is 53.4 Å². The van der Waals surface area contributed by atoms with E-state index in [1.807, 2.05) is 20.8 Å². The minimum absolute atomic E-state index is 1.16. The normalized spacial score (nSPS) is 14.6. The van der Waals surface area contributed by atoms with Gasteiger partial charge in [-0.1, -0.05) is 57.2 Å². The lowest BCUT2D eigenvalue weighted by Gasteiger charge is -1.87. The number of rotatable bonds is 1. The molecule has 0 aliphatic heterocycles. The summed E-state index contributed by atoms with van der Waals surface area (Å²) in [7, 11) is 0. The van der Waals surface area contributed by atoms with Crippen LogP contribution in [0.15, 0.2) is 36.5 Å². The molecular weight excluding hydrogens is 168 g/mol. The molecule has 0 heteroatoms. The molecule has 1 aliphatic carbocycles. The Kier molecular flexibility index (Phi) is 13.7. The molecule has 0 aromatic rings. The highest BCUT2D eigenvalue weighted by Crippen LogP contribution is 2.26. The first kappa shape index (κ1) is 15.7. The average Bonchev–Trinajstić information content (AvgIpc) is 2.57. The summed E-state index contributed by atoms with van der Waals surface area (Å²) in [6.45, 7) is 15.8. The van der Waals surface area contributed by atoms with Gasteiger partial charge in [-0.25, -0.2) is 0 Å². The van der Waals surface area contributed by atoms with Gasteiger partial charge >= 0.3 is 0 Å². The maximum Gasteiger partial charge on any atom is -0.0279 e. The first-order valence-corrected chi connectivity index (χ1v) is 5.69. The number of hydrogen-bond acceptors (Lipinski definition) is 0. The summed E-state index contributed by atoms with van der Waals surface area (Å²) in [4.78, 5) is 0. The van der Waals surface area contributed by atoms with Crippen LogP contribution in [0.4, 0.5) is 0 Å². The maximum atomic E-state index is 3.84. The molecular formula is C14H26. The fourth-order valence-electron chi connectivity index (χ4n) is 1.10. The summed E-state index contributed by atoms with van der Waals surface area (Å²) in [5.74, 6) is 0. The highest BCUT2D eigenvalue weighted by Gasteiger charge is 2.06. The van der Waals surface area contributed by atoms with E-state index in [0.29, 0.717) is 0 Å². The monoisotopic (exact) mass is 194 g/mol. The zero-order valence-corrected chi connectivity index (χ0v) is 10.4. The van der Waals surface area contributed by atoms with Crippen LogP contribution in [0.5, 0.6) is 0 Å². The summed E-state index contributed by atoms with van der Waals surface area (Å²) in [5, 5.41) is 0. The van der Waals surface area contributed by atoms with Gasteiger partial charge in [0.05, 0.1) is 0 Å². The van der Waals surface area contributed by atoms with E-state index < -0.39 is 0 Å². The third kappa shape index (κ3) is 9.31. The molecule has 0 aromatic carbocycles. The zero-order valence-electron chi connectivity index (χ0n) is 10.4. The third-order valence-electron chi connectivity index (χ3n) is 1.93. The van der Waals surface area contributed by atoms with Crippen LogP contribution in [0.25, 0.3) is 0 Å². The van der Waals surface area contributed by atoms with E-state index in [-0.39, 0.29) is 0 Å². The van der Waals surface area contributed by atoms with Gasteiger partial charge in [0.15, 0.2) is 0 Å². The first-order chi connectivity index (χ1) is 6.72. The smallest absolute Gasteiger partial charge is 0.0279 e. The van der Waals surface area contributed by atoms with Gasteiger partial charge in [0.2, 0.25) is 0 Å². The Morgan fingerprint density at radius 2 is 1.57 bits per heavy atom. The van der Waals surface area contributed by atoms with Crippen molar-refractivity contribution in [3.63, 3.8) is 0 Å². The van der Waals surface area contributed by atoms with Crippen molar-refractivity contribution in [2.75, 3.05) is 0 Å². The standard InChI is InChI=1S/C7H10.C5H10.C2H6/c1-6-4-3-5-7(6)2;1-3-5-4-2;1-2/h1-5H2;3,5H,4H2,1-2H3;1-2H3/b;5-3-;. The van der Waals surface area contributed by atoms with Crippen LogP contribution in [0.3, 0.4) is 0 Å². The van der Waals surface area contributed by atoms with Gasteiger partial charge in [-0.2, -0.15) is 0 Å². The van der Waals surface area contributed by atoms with Gasteiger partial charge in [0.25, 0.3) is 0 Å². The van der Waals surface area contributed by atoms with Crippen molar-refractivity contribution >= 4 is 0 Å². The summed E-state index contributed by atoms with van der Waals surface area (Å²) in [6.07, 6.45) is 8.98. The molecule has 1 aliphatic rings. The Morgan fingerprint density at radius 3 is 1.64 bits per heavy atom. The Balaban J connectivity index is 0. The van der Waals surface area contributed by atoms with E-state index in [1.54, 1.807) is 0 Å². The van der Waals surface area contributed by atoms with E-state index in [2.05, 4.69) is 32.2 Å². The van der Waals surface area contributed by atoms with Gasteiger partial charge < -0.3 is 0 Å². The first-order valence-electron chi connectivity index (χ1n) is 5.69. The lowest BCUT2D eigenvalue weighted by atomic mass is 10.2. The molecule has 0 aromatic heterocycles. The molecule has 0 bridgehead atoms. The topological polar surface area (TPSA) is 0 Å². The minimum Gasteiger partial charge on any atom is -0.0956 e. The van der Waals surface area contributed by atoms with E-state index in [1.165, 1.54) is 30.4 Å². The van der Waals surface area contributed by atoms with Gasteiger partial charge in [0.1, 0.15) is 0 Å². The van der Waals surface area contributed by atoms with Crippen molar-refractivity contribution < 1.29 is 0 Å². The highest BCUT2D eigenvalue weighted by molar-refractivity contribution is 5.28. The van der Waals surface area contributed by atoms with Crippen molar-refractivity contribution in [1.29, 1.82) is 0 Å². The minimum atomic E-state index is 1.16. The van der Waals surface area contributed by atoms with Gasteiger partial charge in [-0.05, 0) is 32.6 Å². The summed E-state index contributed by atoms with van der Waals surface area (Å²) in [5.41, 5.74) is 2.53. The molecule has 0 amide bonds. The van der Waals surface area contributed by atoms with Crippen LogP contribution in [-0.2, 0) is 0 Å². The molecule has 1 fully saturated rings. The molecule has 0 atom stereocenters. The number of allylic oxidation sites excluding steroid dienone is 4. The van der Waals surface area contributed by atoms with E-state index in [4.69, 9.17) is 0 Å². The second-order valence-corrected chi connectivity index (χ2v) is 3.04. The second-order valence-electron chi connectivity index (χ2n) is 3.04. The number of hydrogen-bond donors (Lipinski definition) is 0. The predicted octanol–water partition coefficient (Wildman–Crippen LogP) is 5.28. The van der Waals surface area contributed by atoms with E-state index in [9.17, 15) is 0 Å². The Hall–Kier alpha value is -0.780. The molecule has 1 saturated carbocycles. The van der Waals surface area contributed by atoms with Gasteiger partial charge in [-0.15, -0.1) is 0 Å². The molecule has 0 unspecified atom stereocenters. The molecule has 82 valence electrons. The third-order valence-corrected chi connectivity index (χ3v) is 1.93. The van der Waals surface area contributed by atoms with Crippen molar-refractivity contribution in [3.05, 3.63) is 36.5 Å². The highest BCUT2D eigenvalue weighted by atomic mass is 14.1. The molecule has 0 spiro atoms. The summed E-state index contributed by atoms with van der Waals surface area (Å²) < 4.78 is 0. The lowest BCUT2D eigenvalue weighted by Crippen LogP contribution is -1.67. The van der Waals surface area contributed by atoms with Crippen molar-refractivity contribution in [1.82, 2.24) is 0 Å². The van der Waals surface area contributed by atoms with Crippen LogP contribution in [-0.4, -0.2) is 0 Å². The van der Waals surface area contributed by atoms with Crippen LogP contribution >= 0.6 is 0 Å². The quantitative estimate of drug-likeness (QED) is 0.498. The van der Waals surface area contributed by atoms with E-state index >= 15 is 0 Å². The van der Waals surface area contributed by atoms with Crippen molar-refractivity contribution in [3.8, 4) is 0 Å². The zero-order chi connectivity index (χ0) is 11.4. The fourth-order valence-corrected chi connectivity index (χ4v) is 1.10. The molecule has 14 heavy (non-hydrogen) atoms. The lowest BCUT2D eigenvalue weighted by molar-refractivity contribution is 0.934. The SMILES string of the molecule is C/C=C\CC.C=C1CCCC1=C.CC. The van der Waals surface area contributed by atoms with Gasteiger partial charge in [-0.3, -0.25) is 0 Å². The predicted molar refractivity (Wildman–Crippen MR) is 68.6 cm³/mol. The van der Waals surface area contributed by atoms with Crippen LogP contribution < -0.4 is 0 Å². The molecule has 0 heterocycles. The Morgan fingerprint density at radius 1 is 1.14 bits per heavy atom. The molecule has 0 N–H and O–H groups in total. The Bertz CT molecular complexity index is 158. The average molecular weight is 194 g/mol. The maximum absolute atomic E-state index is 3.84. The van der Waals surface area contributed by atoms with Gasteiger partial charge in [0, 0.05) is 0 Å². The molecule has 0 nitrogen and oxygen atoms in total. The van der Waals surface area contributed by atoms with E-state index in [0.717, 1.165) is 6.42 Å². The van der Waals surface area contributed by atoms with Crippen molar-refractivity contribution in [2.24, 2.45) is 0 Å². The van der Waals surface area contributed by atoms with Crippen LogP contribution in [0, 0.1) is 0 Å². The van der Waals surface area contributed by atoms with Crippen LogP contribution in [0.2, 0.25) is 0 Å². The largest absolute Gasteiger partial charge is 0.0956 e. The summed E-state index contributed by atoms with van der Waals surface area (Å²) >= 11 is 0. The second kappa shape index (κ2) is 12.2. The van der Waals surface area contributed by atoms with Crippen molar-refractivity contribution in [2.45, 2.75) is 53.4 Å². The Labute approximate surface area is 90.4 Å². The fraction of sp³-hybridized carbons (Fsp3) is 0.571.